The first-order chi connectivity index (χ1) is 9.14. The molecular formula is C14H26N2O3. The molecule has 5 nitrogen and oxygen atoms in total. The van der Waals surface area contributed by atoms with Gasteiger partial charge in [0.25, 0.3) is 0 Å². The lowest BCUT2D eigenvalue weighted by Crippen LogP contribution is -2.53. The van der Waals surface area contributed by atoms with Crippen LogP contribution in [0.3, 0.4) is 0 Å². The van der Waals surface area contributed by atoms with Crippen molar-refractivity contribution in [2.24, 2.45) is 0 Å². The van der Waals surface area contributed by atoms with Crippen LogP contribution in [0.4, 0.5) is 0 Å². The Morgan fingerprint density at radius 1 is 1.37 bits per heavy atom. The molecule has 1 saturated heterocycles. The highest BCUT2D eigenvalue weighted by atomic mass is 16.5. The normalized spacial score (nSPS) is 22.2. The van der Waals surface area contributed by atoms with E-state index in [0.717, 1.165) is 32.2 Å². The standard InChI is InChI=1S/C14H26N2O3/c1-3-8-14(9-6-11-16-14)13(18)15-10-5-7-12(17)19-4-2/h16H,3-11H2,1-2H3,(H,15,18). The lowest BCUT2D eigenvalue weighted by atomic mass is 9.91. The Balaban J connectivity index is 2.27. The van der Waals surface area contributed by atoms with Crippen molar-refractivity contribution in [3.63, 3.8) is 0 Å². The number of carbonyl (C=O) groups excluding carboxylic acids is 2. The predicted molar refractivity (Wildman–Crippen MR) is 73.8 cm³/mol. The van der Waals surface area contributed by atoms with E-state index in [4.69, 9.17) is 4.74 Å². The van der Waals surface area contributed by atoms with Gasteiger partial charge in [-0.3, -0.25) is 9.59 Å². The van der Waals surface area contributed by atoms with Gasteiger partial charge in [0, 0.05) is 13.0 Å². The molecule has 0 bridgehead atoms. The van der Waals surface area contributed by atoms with Crippen LogP contribution in [-0.2, 0) is 14.3 Å². The molecule has 19 heavy (non-hydrogen) atoms. The minimum atomic E-state index is -0.376. The predicted octanol–water partition coefficient (Wildman–Crippen LogP) is 1.37. The van der Waals surface area contributed by atoms with Gasteiger partial charge in [0.05, 0.1) is 12.1 Å². The number of amides is 1. The van der Waals surface area contributed by atoms with Gasteiger partial charge in [-0.25, -0.2) is 0 Å². The molecule has 1 aliphatic heterocycles. The van der Waals surface area contributed by atoms with Crippen molar-refractivity contribution < 1.29 is 14.3 Å². The first-order valence-electron chi connectivity index (χ1n) is 7.33. The lowest BCUT2D eigenvalue weighted by molar-refractivity contribution is -0.143. The minimum Gasteiger partial charge on any atom is -0.466 e. The molecule has 1 atom stereocenters. The molecule has 0 aromatic rings. The van der Waals surface area contributed by atoms with E-state index < -0.39 is 0 Å². The zero-order valence-corrected chi connectivity index (χ0v) is 12.1. The van der Waals surface area contributed by atoms with E-state index in [9.17, 15) is 9.59 Å². The van der Waals surface area contributed by atoms with Gasteiger partial charge < -0.3 is 15.4 Å². The third kappa shape index (κ3) is 4.82. The van der Waals surface area contributed by atoms with Gasteiger partial charge in [0.15, 0.2) is 0 Å². The van der Waals surface area contributed by atoms with E-state index in [1.807, 2.05) is 0 Å². The summed E-state index contributed by atoms with van der Waals surface area (Å²) in [6.07, 6.45) is 4.82. The summed E-state index contributed by atoms with van der Waals surface area (Å²) >= 11 is 0. The Morgan fingerprint density at radius 2 is 2.16 bits per heavy atom. The molecule has 0 radical (unpaired) electrons. The molecular weight excluding hydrogens is 244 g/mol. The second kappa shape index (κ2) is 8.15. The number of nitrogens with one attached hydrogen (secondary N) is 2. The fraction of sp³-hybridized carbons (Fsp3) is 0.857. The average molecular weight is 270 g/mol. The van der Waals surface area contributed by atoms with Gasteiger partial charge in [-0.15, -0.1) is 0 Å². The van der Waals surface area contributed by atoms with Crippen molar-refractivity contribution in [1.29, 1.82) is 0 Å². The van der Waals surface area contributed by atoms with Gasteiger partial charge in [0.1, 0.15) is 0 Å². The van der Waals surface area contributed by atoms with Crippen LogP contribution in [0, 0.1) is 0 Å². The second-order valence-corrected chi connectivity index (χ2v) is 5.03. The number of hydrogen-bond donors (Lipinski definition) is 2. The van der Waals surface area contributed by atoms with Crippen LogP contribution >= 0.6 is 0 Å². The van der Waals surface area contributed by atoms with Crippen molar-refractivity contribution in [2.75, 3.05) is 19.7 Å². The number of esters is 1. The summed E-state index contributed by atoms with van der Waals surface area (Å²) in [5.41, 5.74) is -0.376. The molecule has 1 amide bonds. The quantitative estimate of drug-likeness (QED) is 0.516. The van der Waals surface area contributed by atoms with Crippen molar-refractivity contribution in [3.8, 4) is 0 Å². The highest BCUT2D eigenvalue weighted by Crippen LogP contribution is 2.24. The highest BCUT2D eigenvalue weighted by molar-refractivity contribution is 5.86. The second-order valence-electron chi connectivity index (χ2n) is 5.03. The highest BCUT2D eigenvalue weighted by Gasteiger charge is 2.39. The maximum Gasteiger partial charge on any atom is 0.305 e. The molecule has 0 aliphatic carbocycles. The summed E-state index contributed by atoms with van der Waals surface area (Å²) in [4.78, 5) is 23.4. The summed E-state index contributed by atoms with van der Waals surface area (Å²) < 4.78 is 4.84. The monoisotopic (exact) mass is 270 g/mol. The Labute approximate surface area is 115 Å². The fourth-order valence-electron chi connectivity index (χ4n) is 2.59. The van der Waals surface area contributed by atoms with Crippen LogP contribution in [0.5, 0.6) is 0 Å². The molecule has 0 aromatic heterocycles. The van der Waals surface area contributed by atoms with Crippen LogP contribution in [0.2, 0.25) is 0 Å². The molecule has 1 aliphatic rings. The molecule has 5 heteroatoms. The van der Waals surface area contributed by atoms with Gasteiger partial charge in [-0.2, -0.15) is 0 Å². The maximum atomic E-state index is 12.2. The Kier molecular flexibility index (Phi) is 6.84. The first kappa shape index (κ1) is 16.0. The minimum absolute atomic E-state index is 0.0794. The lowest BCUT2D eigenvalue weighted by Gasteiger charge is -2.27. The number of carbonyl (C=O) groups is 2. The number of hydrogen-bond acceptors (Lipinski definition) is 4. The average Bonchev–Trinajstić information content (AvgIpc) is 2.85. The largest absolute Gasteiger partial charge is 0.466 e. The van der Waals surface area contributed by atoms with Crippen LogP contribution in [0.25, 0.3) is 0 Å². The van der Waals surface area contributed by atoms with E-state index in [2.05, 4.69) is 17.6 Å². The van der Waals surface area contributed by atoms with E-state index in [0.29, 0.717) is 26.0 Å². The summed E-state index contributed by atoms with van der Waals surface area (Å²) in [6, 6.07) is 0. The maximum absolute atomic E-state index is 12.2. The van der Waals surface area contributed by atoms with E-state index in [-0.39, 0.29) is 17.4 Å². The molecule has 0 saturated carbocycles. The molecule has 2 N–H and O–H groups in total. The van der Waals surface area contributed by atoms with Crippen molar-refractivity contribution in [3.05, 3.63) is 0 Å². The van der Waals surface area contributed by atoms with E-state index in [1.165, 1.54) is 0 Å². The molecule has 0 aromatic carbocycles. The molecule has 1 fully saturated rings. The zero-order chi connectivity index (χ0) is 14.1. The number of rotatable bonds is 8. The summed E-state index contributed by atoms with van der Waals surface area (Å²) in [5.74, 6) is -0.116. The van der Waals surface area contributed by atoms with Crippen LogP contribution in [0.15, 0.2) is 0 Å². The SMILES string of the molecule is CCCC1(C(=O)NCCCC(=O)OCC)CCCN1. The van der Waals surface area contributed by atoms with Gasteiger partial charge in [0.2, 0.25) is 5.91 Å². The first-order valence-corrected chi connectivity index (χ1v) is 7.33. The molecule has 1 rings (SSSR count). The Bertz CT molecular complexity index is 299. The zero-order valence-electron chi connectivity index (χ0n) is 12.1. The van der Waals surface area contributed by atoms with Crippen molar-refractivity contribution in [2.45, 2.75) is 57.9 Å². The molecule has 1 unspecified atom stereocenters. The van der Waals surface area contributed by atoms with Crippen LogP contribution in [-0.4, -0.2) is 37.1 Å². The summed E-state index contributed by atoms with van der Waals surface area (Å²) in [5, 5.41) is 6.28. The molecule has 1 heterocycles. The van der Waals surface area contributed by atoms with Crippen LogP contribution < -0.4 is 10.6 Å². The summed E-state index contributed by atoms with van der Waals surface area (Å²) in [6.45, 7) is 5.74. The van der Waals surface area contributed by atoms with Crippen LogP contribution in [0.1, 0.15) is 52.4 Å². The molecule has 0 spiro atoms. The van der Waals surface area contributed by atoms with E-state index in [1.54, 1.807) is 6.92 Å². The topological polar surface area (TPSA) is 67.4 Å². The van der Waals surface area contributed by atoms with Crippen molar-refractivity contribution in [1.82, 2.24) is 10.6 Å². The van der Waals surface area contributed by atoms with E-state index >= 15 is 0 Å². The van der Waals surface area contributed by atoms with Gasteiger partial charge in [-0.05, 0) is 39.2 Å². The Hall–Kier alpha value is -1.10. The summed E-state index contributed by atoms with van der Waals surface area (Å²) in [7, 11) is 0. The number of ether oxygens (including phenoxy) is 1. The smallest absolute Gasteiger partial charge is 0.305 e. The van der Waals surface area contributed by atoms with Gasteiger partial charge >= 0.3 is 5.97 Å². The third-order valence-corrected chi connectivity index (χ3v) is 3.50. The fourth-order valence-corrected chi connectivity index (χ4v) is 2.59. The third-order valence-electron chi connectivity index (χ3n) is 3.50. The van der Waals surface area contributed by atoms with Crippen molar-refractivity contribution >= 4 is 11.9 Å². The molecule has 110 valence electrons. The van der Waals surface area contributed by atoms with Gasteiger partial charge in [-0.1, -0.05) is 13.3 Å². The Morgan fingerprint density at radius 3 is 2.74 bits per heavy atom.